The van der Waals surface area contributed by atoms with Crippen LogP contribution < -0.4 is 10.2 Å². The van der Waals surface area contributed by atoms with Gasteiger partial charge >= 0.3 is 0 Å². The maximum Gasteiger partial charge on any atom is 0.246 e. The van der Waals surface area contributed by atoms with Gasteiger partial charge in [-0.05, 0) is 17.7 Å². The van der Waals surface area contributed by atoms with Gasteiger partial charge in [-0.2, -0.15) is 0 Å². The van der Waals surface area contributed by atoms with E-state index < -0.39 is 15.5 Å². The molecule has 0 radical (unpaired) electrons. The van der Waals surface area contributed by atoms with E-state index in [4.69, 9.17) is 0 Å². The molecule has 2 aromatic rings. The Morgan fingerprint density at radius 3 is 2.47 bits per heavy atom. The van der Waals surface area contributed by atoms with Crippen LogP contribution in [0.1, 0.15) is 5.56 Å². The van der Waals surface area contributed by atoms with Crippen LogP contribution in [0.4, 0.5) is 0 Å². The van der Waals surface area contributed by atoms with Crippen molar-refractivity contribution in [1.82, 2.24) is 9.71 Å². The van der Waals surface area contributed by atoms with E-state index in [0.29, 0.717) is 0 Å². The minimum Gasteiger partial charge on any atom is -0.366 e. The maximum absolute atomic E-state index is 12.0. The Bertz CT molecular complexity index is 723. The molecule has 0 saturated carbocycles. The van der Waals surface area contributed by atoms with Crippen molar-refractivity contribution < 1.29 is 8.42 Å². The van der Waals surface area contributed by atoms with E-state index in [9.17, 15) is 13.2 Å². The van der Waals surface area contributed by atoms with Gasteiger partial charge < -0.3 is 4.98 Å². The summed E-state index contributed by atoms with van der Waals surface area (Å²) in [4.78, 5) is 13.8. The Morgan fingerprint density at radius 2 is 1.84 bits per heavy atom. The van der Waals surface area contributed by atoms with Crippen molar-refractivity contribution in [2.24, 2.45) is 0 Å². The largest absolute Gasteiger partial charge is 0.366 e. The molecular formula is C12H11BrN2O3S. The standard InChI is InChI=1S/C12H11BrN2O3S/c13-10-3-1-9(2-4-10)7-15-19(17,18)12-8-14-6-5-11(12)16/h1-6,8,15H,7H2,(H,14,16). The van der Waals surface area contributed by atoms with E-state index in [1.165, 1.54) is 18.5 Å². The van der Waals surface area contributed by atoms with Gasteiger partial charge in [-0.25, -0.2) is 13.1 Å². The molecule has 7 heteroatoms. The lowest BCUT2D eigenvalue weighted by molar-refractivity contribution is 0.580. The molecule has 2 rings (SSSR count). The van der Waals surface area contributed by atoms with Crippen LogP contribution >= 0.6 is 15.9 Å². The number of aromatic nitrogens is 1. The van der Waals surface area contributed by atoms with Crippen LogP contribution in [0.15, 0.2) is 56.9 Å². The van der Waals surface area contributed by atoms with Crippen molar-refractivity contribution in [3.63, 3.8) is 0 Å². The second-order valence-electron chi connectivity index (χ2n) is 3.82. The van der Waals surface area contributed by atoms with Crippen molar-refractivity contribution in [3.8, 4) is 0 Å². The second-order valence-corrected chi connectivity index (χ2v) is 6.47. The van der Waals surface area contributed by atoms with E-state index >= 15 is 0 Å². The van der Waals surface area contributed by atoms with Gasteiger partial charge in [0.05, 0.1) is 0 Å². The zero-order chi connectivity index (χ0) is 13.9. The zero-order valence-corrected chi connectivity index (χ0v) is 12.2. The number of halogens is 1. The SMILES string of the molecule is O=c1cc[nH]cc1S(=O)(=O)NCc1ccc(Br)cc1. The van der Waals surface area contributed by atoms with Crippen LogP contribution in [0.3, 0.4) is 0 Å². The first kappa shape index (κ1) is 14.0. The summed E-state index contributed by atoms with van der Waals surface area (Å²) >= 11 is 3.30. The first-order chi connectivity index (χ1) is 8.99. The highest BCUT2D eigenvalue weighted by molar-refractivity contribution is 9.10. The number of rotatable bonds is 4. The average molecular weight is 343 g/mol. The highest BCUT2D eigenvalue weighted by atomic mass is 79.9. The first-order valence-electron chi connectivity index (χ1n) is 5.40. The average Bonchev–Trinajstić information content (AvgIpc) is 2.38. The summed E-state index contributed by atoms with van der Waals surface area (Å²) in [5, 5.41) is 0. The van der Waals surface area contributed by atoms with Gasteiger partial charge in [-0.3, -0.25) is 4.79 Å². The molecule has 0 aliphatic rings. The summed E-state index contributed by atoms with van der Waals surface area (Å²) in [6.45, 7) is 0.129. The molecule has 0 fully saturated rings. The Kier molecular flexibility index (Phi) is 4.18. The Labute approximate surface area is 118 Å². The summed E-state index contributed by atoms with van der Waals surface area (Å²) in [5.74, 6) is 0. The highest BCUT2D eigenvalue weighted by Gasteiger charge is 2.16. The van der Waals surface area contributed by atoms with Gasteiger partial charge in [-0.1, -0.05) is 28.1 Å². The van der Waals surface area contributed by atoms with Gasteiger partial charge in [-0.15, -0.1) is 0 Å². The van der Waals surface area contributed by atoms with Crippen LogP contribution in [0.2, 0.25) is 0 Å². The summed E-state index contributed by atoms with van der Waals surface area (Å²) in [7, 11) is -3.80. The summed E-state index contributed by atoms with van der Waals surface area (Å²) in [6.07, 6.45) is 2.56. The number of nitrogens with one attached hydrogen (secondary N) is 2. The topological polar surface area (TPSA) is 79.0 Å². The van der Waals surface area contributed by atoms with E-state index in [1.807, 2.05) is 12.1 Å². The molecule has 1 aromatic carbocycles. The van der Waals surface area contributed by atoms with Gasteiger partial charge in [0.2, 0.25) is 15.5 Å². The fourth-order valence-corrected chi connectivity index (χ4v) is 2.80. The van der Waals surface area contributed by atoms with Gasteiger partial charge in [0, 0.05) is 29.5 Å². The number of H-pyrrole nitrogens is 1. The zero-order valence-electron chi connectivity index (χ0n) is 9.76. The van der Waals surface area contributed by atoms with Crippen LogP contribution in [0.25, 0.3) is 0 Å². The number of hydrogen-bond acceptors (Lipinski definition) is 3. The molecule has 19 heavy (non-hydrogen) atoms. The normalized spacial score (nSPS) is 11.4. The number of benzene rings is 1. The monoisotopic (exact) mass is 342 g/mol. The third-order valence-electron chi connectivity index (χ3n) is 2.46. The van der Waals surface area contributed by atoms with Crippen LogP contribution in [0.5, 0.6) is 0 Å². The van der Waals surface area contributed by atoms with E-state index in [1.54, 1.807) is 12.1 Å². The number of pyridine rings is 1. The molecule has 0 amide bonds. The molecule has 2 N–H and O–H groups in total. The quantitative estimate of drug-likeness (QED) is 0.885. The predicted octanol–water partition coefficient (Wildman–Crippen LogP) is 1.62. The molecule has 0 spiro atoms. The lowest BCUT2D eigenvalue weighted by atomic mass is 10.2. The summed E-state index contributed by atoms with van der Waals surface area (Å²) < 4.78 is 27.2. The number of sulfonamides is 1. The van der Waals surface area contributed by atoms with E-state index in [2.05, 4.69) is 25.6 Å². The first-order valence-corrected chi connectivity index (χ1v) is 7.68. The van der Waals surface area contributed by atoms with E-state index in [-0.39, 0.29) is 11.4 Å². The fourth-order valence-electron chi connectivity index (χ4n) is 1.47. The maximum atomic E-state index is 12.0. The van der Waals surface area contributed by atoms with Gasteiger partial charge in [0.25, 0.3) is 0 Å². The smallest absolute Gasteiger partial charge is 0.246 e. The molecule has 1 aromatic heterocycles. The van der Waals surface area contributed by atoms with Crippen molar-refractivity contribution in [2.75, 3.05) is 0 Å². The number of hydrogen-bond donors (Lipinski definition) is 2. The molecule has 1 heterocycles. The molecule has 0 unspecified atom stereocenters. The lowest BCUT2D eigenvalue weighted by Crippen LogP contribution is -2.27. The van der Waals surface area contributed by atoms with E-state index in [0.717, 1.165) is 10.0 Å². The van der Waals surface area contributed by atoms with Gasteiger partial charge in [0.1, 0.15) is 4.90 Å². The summed E-state index contributed by atoms with van der Waals surface area (Å²) in [5.41, 5.74) is 0.265. The molecular weight excluding hydrogens is 332 g/mol. The molecule has 100 valence electrons. The van der Waals surface area contributed by atoms with Crippen molar-refractivity contribution in [3.05, 3.63) is 63.0 Å². The highest BCUT2D eigenvalue weighted by Crippen LogP contribution is 2.11. The van der Waals surface area contributed by atoms with Gasteiger partial charge in [0.15, 0.2) is 0 Å². The van der Waals surface area contributed by atoms with Crippen LogP contribution in [-0.4, -0.2) is 13.4 Å². The molecule has 0 aliphatic heterocycles. The van der Waals surface area contributed by atoms with Crippen LogP contribution in [-0.2, 0) is 16.6 Å². The van der Waals surface area contributed by atoms with Crippen LogP contribution in [0, 0.1) is 0 Å². The second kappa shape index (κ2) is 5.68. The third kappa shape index (κ3) is 3.52. The summed E-state index contributed by atoms with van der Waals surface area (Å²) in [6, 6.07) is 8.40. The Balaban J connectivity index is 2.17. The Morgan fingerprint density at radius 1 is 1.16 bits per heavy atom. The third-order valence-corrected chi connectivity index (χ3v) is 4.41. The van der Waals surface area contributed by atoms with Crippen molar-refractivity contribution in [2.45, 2.75) is 11.4 Å². The Hall–Kier alpha value is -1.44. The van der Waals surface area contributed by atoms with Crippen molar-refractivity contribution in [1.29, 1.82) is 0 Å². The molecule has 0 bridgehead atoms. The molecule has 0 atom stereocenters. The molecule has 0 saturated heterocycles. The molecule has 0 aliphatic carbocycles. The number of aromatic amines is 1. The molecule has 5 nitrogen and oxygen atoms in total. The minimum absolute atomic E-state index is 0.129. The van der Waals surface area contributed by atoms with Crippen molar-refractivity contribution >= 4 is 26.0 Å². The minimum atomic E-state index is -3.80. The fraction of sp³-hybridized carbons (Fsp3) is 0.0833. The lowest BCUT2D eigenvalue weighted by Gasteiger charge is -2.06. The predicted molar refractivity (Wildman–Crippen MR) is 75.2 cm³/mol.